The van der Waals surface area contributed by atoms with Crippen molar-refractivity contribution in [3.8, 4) is 11.3 Å². The van der Waals surface area contributed by atoms with Crippen LogP contribution in [0.2, 0.25) is 5.02 Å². The van der Waals surface area contributed by atoms with Gasteiger partial charge in [0.25, 0.3) is 5.72 Å². The molecule has 2 aliphatic rings. The summed E-state index contributed by atoms with van der Waals surface area (Å²) in [5.41, 5.74) is -1.39. The van der Waals surface area contributed by atoms with Gasteiger partial charge >= 0.3 is 6.18 Å². The molecule has 4 nitrogen and oxygen atoms in total. The molecule has 0 unspecified atom stereocenters. The van der Waals surface area contributed by atoms with Gasteiger partial charge in [-0.2, -0.15) is 23.3 Å². The van der Waals surface area contributed by atoms with E-state index < -0.39 is 17.8 Å². The Labute approximate surface area is 163 Å². The highest BCUT2D eigenvalue weighted by Gasteiger charge is 2.67. The number of hydrazone groups is 1. The van der Waals surface area contributed by atoms with Crippen LogP contribution >= 0.6 is 22.9 Å². The lowest BCUT2D eigenvalue weighted by molar-refractivity contribution is -0.268. The first kappa shape index (κ1) is 18.7. The first-order valence-corrected chi connectivity index (χ1v) is 9.94. The molecule has 0 bridgehead atoms. The number of hydrogen-bond acceptors (Lipinski definition) is 5. The maximum Gasteiger partial charge on any atom is 0.439 e. The number of aliphatic hydroxyl groups is 1. The molecule has 9 heteroatoms. The zero-order chi connectivity index (χ0) is 19.2. The van der Waals surface area contributed by atoms with Gasteiger partial charge in [0.15, 0.2) is 0 Å². The van der Waals surface area contributed by atoms with Crippen molar-refractivity contribution in [2.24, 2.45) is 11.0 Å². The summed E-state index contributed by atoms with van der Waals surface area (Å²) in [6, 6.07) is 6.88. The molecule has 1 aliphatic heterocycles. The molecule has 27 heavy (non-hydrogen) atoms. The quantitative estimate of drug-likeness (QED) is 0.707. The highest BCUT2D eigenvalue weighted by Crippen LogP contribution is 2.50. The van der Waals surface area contributed by atoms with E-state index in [1.807, 2.05) is 0 Å². The second kappa shape index (κ2) is 6.76. The summed E-state index contributed by atoms with van der Waals surface area (Å²) in [5, 5.41) is 17.9. The average Bonchev–Trinajstić information content (AvgIpc) is 3.11. The van der Waals surface area contributed by atoms with E-state index in [0.717, 1.165) is 29.7 Å². The average molecular weight is 416 g/mol. The molecule has 2 aromatic rings. The molecule has 0 radical (unpaired) electrons. The number of fused-ring (bicyclic) bond motifs is 1. The minimum atomic E-state index is -4.85. The van der Waals surface area contributed by atoms with Crippen molar-refractivity contribution in [2.75, 3.05) is 5.01 Å². The summed E-state index contributed by atoms with van der Waals surface area (Å²) in [6.45, 7) is 0. The highest BCUT2D eigenvalue weighted by atomic mass is 35.5. The fourth-order valence-electron chi connectivity index (χ4n) is 3.70. The van der Waals surface area contributed by atoms with Crippen molar-refractivity contribution in [3.05, 3.63) is 34.7 Å². The van der Waals surface area contributed by atoms with Crippen LogP contribution in [-0.2, 0) is 0 Å². The number of thiazole rings is 1. The minimum absolute atomic E-state index is 0.0281. The van der Waals surface area contributed by atoms with E-state index in [2.05, 4.69) is 10.1 Å². The van der Waals surface area contributed by atoms with Crippen molar-refractivity contribution in [1.82, 2.24) is 4.98 Å². The van der Waals surface area contributed by atoms with Crippen LogP contribution in [0.5, 0.6) is 0 Å². The summed E-state index contributed by atoms with van der Waals surface area (Å²) in [7, 11) is 0. The van der Waals surface area contributed by atoms with Gasteiger partial charge in [0, 0.05) is 21.7 Å². The van der Waals surface area contributed by atoms with Crippen LogP contribution in [-0.4, -0.2) is 27.7 Å². The molecule has 1 aromatic heterocycles. The highest BCUT2D eigenvalue weighted by molar-refractivity contribution is 7.14. The van der Waals surface area contributed by atoms with E-state index >= 15 is 0 Å². The van der Waals surface area contributed by atoms with Crippen molar-refractivity contribution < 1.29 is 18.3 Å². The van der Waals surface area contributed by atoms with Crippen LogP contribution < -0.4 is 5.01 Å². The first-order valence-electron chi connectivity index (χ1n) is 8.69. The number of anilines is 1. The van der Waals surface area contributed by atoms with Gasteiger partial charge in [0.2, 0.25) is 5.13 Å². The van der Waals surface area contributed by atoms with Crippen LogP contribution in [0.4, 0.5) is 18.3 Å². The predicted octanol–water partition coefficient (Wildman–Crippen LogP) is 5.47. The molecule has 1 fully saturated rings. The molecule has 144 valence electrons. The van der Waals surface area contributed by atoms with E-state index in [1.165, 1.54) is 0 Å². The van der Waals surface area contributed by atoms with Gasteiger partial charge in [0.05, 0.1) is 11.6 Å². The van der Waals surface area contributed by atoms with Crippen LogP contribution in [0.1, 0.15) is 32.1 Å². The number of alkyl halides is 3. The van der Waals surface area contributed by atoms with E-state index in [0.29, 0.717) is 34.3 Å². The Morgan fingerprint density at radius 1 is 1.19 bits per heavy atom. The summed E-state index contributed by atoms with van der Waals surface area (Å²) in [6.07, 6.45) is -1.84. The maximum atomic E-state index is 14.0. The Bertz CT molecular complexity index is 867. The van der Waals surface area contributed by atoms with E-state index in [1.54, 1.807) is 29.6 Å². The smallest absolute Gasteiger partial charge is 0.362 e. The lowest BCUT2D eigenvalue weighted by Gasteiger charge is -2.37. The van der Waals surface area contributed by atoms with E-state index in [4.69, 9.17) is 11.6 Å². The first-order chi connectivity index (χ1) is 12.8. The summed E-state index contributed by atoms with van der Waals surface area (Å²) in [5.74, 6) is -1.05. The molecule has 0 saturated heterocycles. The Morgan fingerprint density at radius 2 is 1.93 bits per heavy atom. The molecule has 1 saturated carbocycles. The van der Waals surface area contributed by atoms with Crippen molar-refractivity contribution in [3.63, 3.8) is 0 Å². The monoisotopic (exact) mass is 415 g/mol. The van der Waals surface area contributed by atoms with Gasteiger partial charge in [0.1, 0.15) is 0 Å². The predicted molar refractivity (Wildman–Crippen MR) is 100 cm³/mol. The Hall–Kier alpha value is -1.64. The minimum Gasteiger partial charge on any atom is -0.362 e. The van der Waals surface area contributed by atoms with Gasteiger partial charge in [-0.25, -0.2) is 4.98 Å². The van der Waals surface area contributed by atoms with E-state index in [-0.39, 0.29) is 11.6 Å². The lowest BCUT2D eigenvalue weighted by atomic mass is 9.87. The second-order valence-corrected chi connectivity index (χ2v) is 8.07. The molecule has 1 aromatic carbocycles. The van der Waals surface area contributed by atoms with Crippen molar-refractivity contribution >= 4 is 33.8 Å². The van der Waals surface area contributed by atoms with E-state index in [9.17, 15) is 18.3 Å². The Balaban J connectivity index is 1.74. The normalized spacial score (nSPS) is 25.9. The van der Waals surface area contributed by atoms with Crippen molar-refractivity contribution in [2.45, 2.75) is 44.0 Å². The summed E-state index contributed by atoms with van der Waals surface area (Å²) < 4.78 is 41.9. The maximum absolute atomic E-state index is 14.0. The fourth-order valence-corrected chi connectivity index (χ4v) is 4.66. The number of benzene rings is 1. The molecular weight excluding hydrogens is 399 g/mol. The van der Waals surface area contributed by atoms with Crippen LogP contribution in [0.3, 0.4) is 0 Å². The van der Waals surface area contributed by atoms with Gasteiger partial charge in [-0.3, -0.25) is 0 Å². The largest absolute Gasteiger partial charge is 0.439 e. The number of halogens is 4. The third-order valence-corrected chi connectivity index (χ3v) is 6.16. The molecule has 0 amide bonds. The zero-order valence-corrected chi connectivity index (χ0v) is 15.8. The molecule has 2 atom stereocenters. The van der Waals surface area contributed by atoms with Gasteiger partial charge in [-0.1, -0.05) is 36.6 Å². The van der Waals surface area contributed by atoms with Gasteiger partial charge in [-0.15, -0.1) is 11.3 Å². The lowest BCUT2D eigenvalue weighted by Crippen LogP contribution is -2.60. The fraction of sp³-hybridized carbons (Fsp3) is 0.444. The number of nitrogens with zero attached hydrogens (tertiary/aromatic N) is 3. The Morgan fingerprint density at radius 3 is 2.63 bits per heavy atom. The van der Waals surface area contributed by atoms with Crippen LogP contribution in [0, 0.1) is 5.92 Å². The summed E-state index contributed by atoms with van der Waals surface area (Å²) in [4.78, 5) is 4.32. The molecular formula is C18H17ClF3N3OS. The number of aromatic nitrogens is 1. The third-order valence-electron chi connectivity index (χ3n) is 5.10. The SMILES string of the molecule is O[C@@]1(C(F)(F)F)[C@@H]2CCCCCC2=NN1c1nc(-c2ccc(Cl)cc2)cs1. The third kappa shape index (κ3) is 3.13. The molecule has 1 aliphatic carbocycles. The topological polar surface area (TPSA) is 48.7 Å². The zero-order valence-electron chi connectivity index (χ0n) is 14.2. The number of rotatable bonds is 2. The Kier molecular flexibility index (Phi) is 4.68. The van der Waals surface area contributed by atoms with Crippen LogP contribution in [0.25, 0.3) is 11.3 Å². The summed E-state index contributed by atoms with van der Waals surface area (Å²) >= 11 is 6.91. The van der Waals surface area contributed by atoms with Gasteiger partial charge in [-0.05, 0) is 31.4 Å². The molecule has 1 N–H and O–H groups in total. The molecule has 0 spiro atoms. The van der Waals surface area contributed by atoms with Crippen molar-refractivity contribution in [1.29, 1.82) is 0 Å². The van der Waals surface area contributed by atoms with Crippen LogP contribution in [0.15, 0.2) is 34.7 Å². The molecule has 2 heterocycles. The standard InChI is InChI=1S/C18H17ClF3N3OS/c19-12-8-6-11(7-9-12)15-10-27-16(23-15)25-17(26,18(20,21)22)13-4-2-1-3-5-14(13)24-25/h6-10,13,26H,1-5H2/t13-,17-/m1/s1. The molecule has 4 rings (SSSR count). The second-order valence-electron chi connectivity index (χ2n) is 6.80. The van der Waals surface area contributed by atoms with Gasteiger partial charge < -0.3 is 5.11 Å². The number of hydrogen-bond donors (Lipinski definition) is 1.